The van der Waals surface area contributed by atoms with Gasteiger partial charge in [-0.15, -0.1) is 0 Å². The molecule has 1 saturated heterocycles. The van der Waals surface area contributed by atoms with Crippen LogP contribution < -0.4 is 11.1 Å². The van der Waals surface area contributed by atoms with E-state index in [-0.39, 0.29) is 5.54 Å². The molecule has 1 atom stereocenters. The standard InChI is InChI=1S/C13H29N3/c1-4-8-15-13(11-14)6-5-9-16(10-7-13)12(2)3/h12,15H,4-11,14H2,1-3H3. The minimum absolute atomic E-state index is 0.208. The molecule has 1 heterocycles. The highest BCUT2D eigenvalue weighted by atomic mass is 15.2. The van der Waals surface area contributed by atoms with Crippen molar-refractivity contribution >= 4 is 0 Å². The Labute approximate surface area is 101 Å². The van der Waals surface area contributed by atoms with Crippen molar-refractivity contribution in [2.24, 2.45) is 5.73 Å². The highest BCUT2D eigenvalue weighted by Crippen LogP contribution is 2.22. The van der Waals surface area contributed by atoms with Crippen molar-refractivity contribution in [2.45, 2.75) is 58.0 Å². The minimum atomic E-state index is 0.208. The van der Waals surface area contributed by atoms with Crippen molar-refractivity contribution in [1.82, 2.24) is 10.2 Å². The van der Waals surface area contributed by atoms with Gasteiger partial charge in [0.15, 0.2) is 0 Å². The molecule has 1 rings (SSSR count). The Hall–Kier alpha value is -0.120. The number of nitrogens with zero attached hydrogens (tertiary/aromatic N) is 1. The Balaban J connectivity index is 2.53. The Morgan fingerprint density at radius 3 is 2.62 bits per heavy atom. The second-order valence-corrected chi connectivity index (χ2v) is 5.39. The molecule has 0 spiro atoms. The Morgan fingerprint density at radius 1 is 1.31 bits per heavy atom. The van der Waals surface area contributed by atoms with Crippen LogP contribution in [0.3, 0.4) is 0 Å². The van der Waals surface area contributed by atoms with Crippen molar-refractivity contribution in [3.63, 3.8) is 0 Å². The van der Waals surface area contributed by atoms with E-state index in [2.05, 4.69) is 31.0 Å². The van der Waals surface area contributed by atoms with Crippen LogP contribution >= 0.6 is 0 Å². The van der Waals surface area contributed by atoms with E-state index in [0.29, 0.717) is 6.04 Å². The predicted molar refractivity (Wildman–Crippen MR) is 70.6 cm³/mol. The zero-order chi connectivity index (χ0) is 12.0. The van der Waals surface area contributed by atoms with E-state index in [4.69, 9.17) is 5.73 Å². The maximum Gasteiger partial charge on any atom is 0.0316 e. The molecule has 3 N–H and O–H groups in total. The Morgan fingerprint density at radius 2 is 2.06 bits per heavy atom. The van der Waals surface area contributed by atoms with Gasteiger partial charge in [0.05, 0.1) is 0 Å². The van der Waals surface area contributed by atoms with E-state index in [9.17, 15) is 0 Å². The highest BCUT2D eigenvalue weighted by molar-refractivity contribution is 4.92. The first kappa shape index (κ1) is 13.9. The van der Waals surface area contributed by atoms with Gasteiger partial charge in [-0.2, -0.15) is 0 Å². The molecule has 0 radical (unpaired) electrons. The summed E-state index contributed by atoms with van der Waals surface area (Å²) in [4.78, 5) is 2.57. The van der Waals surface area contributed by atoms with Crippen LogP contribution in [0.15, 0.2) is 0 Å². The molecule has 1 unspecified atom stereocenters. The number of rotatable bonds is 5. The predicted octanol–water partition coefficient (Wildman–Crippen LogP) is 1.58. The monoisotopic (exact) mass is 227 g/mol. The summed E-state index contributed by atoms with van der Waals surface area (Å²) in [5.74, 6) is 0. The fourth-order valence-electron chi connectivity index (χ4n) is 2.57. The number of nitrogens with two attached hydrogens (primary N) is 1. The van der Waals surface area contributed by atoms with Crippen molar-refractivity contribution in [1.29, 1.82) is 0 Å². The summed E-state index contributed by atoms with van der Waals surface area (Å²) in [6, 6.07) is 0.666. The van der Waals surface area contributed by atoms with Gasteiger partial charge in [0, 0.05) is 24.7 Å². The molecule has 0 amide bonds. The lowest BCUT2D eigenvalue weighted by Gasteiger charge is -2.33. The van der Waals surface area contributed by atoms with E-state index in [1.54, 1.807) is 0 Å². The van der Waals surface area contributed by atoms with Crippen LogP contribution in [0.25, 0.3) is 0 Å². The van der Waals surface area contributed by atoms with Crippen molar-refractivity contribution in [3.8, 4) is 0 Å². The van der Waals surface area contributed by atoms with Gasteiger partial charge in [-0.3, -0.25) is 0 Å². The summed E-state index contributed by atoms with van der Waals surface area (Å²) in [6.07, 6.45) is 4.89. The van der Waals surface area contributed by atoms with E-state index >= 15 is 0 Å². The molecule has 0 saturated carbocycles. The lowest BCUT2D eigenvalue weighted by atomic mass is 9.90. The van der Waals surface area contributed by atoms with Crippen LogP contribution in [-0.2, 0) is 0 Å². The van der Waals surface area contributed by atoms with Gasteiger partial charge in [0.25, 0.3) is 0 Å². The number of nitrogens with one attached hydrogen (secondary N) is 1. The number of hydrogen-bond acceptors (Lipinski definition) is 3. The summed E-state index contributed by atoms with van der Waals surface area (Å²) in [7, 11) is 0. The van der Waals surface area contributed by atoms with E-state index < -0.39 is 0 Å². The van der Waals surface area contributed by atoms with Gasteiger partial charge in [-0.05, 0) is 52.6 Å². The molecule has 3 nitrogen and oxygen atoms in total. The minimum Gasteiger partial charge on any atom is -0.329 e. The second kappa shape index (κ2) is 6.58. The SMILES string of the molecule is CCCNC1(CN)CCCN(C(C)C)CC1. The molecule has 16 heavy (non-hydrogen) atoms. The van der Waals surface area contributed by atoms with Crippen LogP contribution in [0, 0.1) is 0 Å². The highest BCUT2D eigenvalue weighted by Gasteiger charge is 2.30. The molecule has 0 aromatic rings. The first-order valence-corrected chi connectivity index (χ1v) is 6.82. The third-order valence-corrected chi connectivity index (χ3v) is 3.85. The molecule has 0 bridgehead atoms. The van der Waals surface area contributed by atoms with Gasteiger partial charge >= 0.3 is 0 Å². The summed E-state index contributed by atoms with van der Waals surface area (Å²) >= 11 is 0. The first-order chi connectivity index (χ1) is 7.63. The van der Waals surface area contributed by atoms with E-state index in [1.165, 1.54) is 38.8 Å². The zero-order valence-corrected chi connectivity index (χ0v) is 11.3. The maximum absolute atomic E-state index is 5.99. The van der Waals surface area contributed by atoms with Crippen LogP contribution in [0.5, 0.6) is 0 Å². The summed E-state index contributed by atoms with van der Waals surface area (Å²) in [6.45, 7) is 11.1. The molecule has 1 fully saturated rings. The molecule has 0 aromatic heterocycles. The molecule has 0 aliphatic carbocycles. The lowest BCUT2D eigenvalue weighted by molar-refractivity contribution is 0.218. The zero-order valence-electron chi connectivity index (χ0n) is 11.3. The fourth-order valence-corrected chi connectivity index (χ4v) is 2.57. The average Bonchev–Trinajstić information content (AvgIpc) is 2.49. The van der Waals surface area contributed by atoms with Crippen LogP contribution in [0.2, 0.25) is 0 Å². The van der Waals surface area contributed by atoms with Crippen molar-refractivity contribution < 1.29 is 0 Å². The Bertz CT molecular complexity index is 194. The maximum atomic E-state index is 5.99. The van der Waals surface area contributed by atoms with Crippen LogP contribution in [0.1, 0.15) is 46.5 Å². The molecule has 1 aliphatic heterocycles. The fraction of sp³-hybridized carbons (Fsp3) is 1.00. The second-order valence-electron chi connectivity index (χ2n) is 5.39. The van der Waals surface area contributed by atoms with Gasteiger partial charge in [-0.25, -0.2) is 0 Å². The average molecular weight is 227 g/mol. The van der Waals surface area contributed by atoms with Gasteiger partial charge in [0.2, 0.25) is 0 Å². The van der Waals surface area contributed by atoms with Gasteiger partial charge < -0.3 is 16.0 Å². The molecular weight excluding hydrogens is 198 g/mol. The number of likely N-dealkylation sites (tertiary alicyclic amines) is 1. The Kier molecular flexibility index (Phi) is 5.73. The van der Waals surface area contributed by atoms with Gasteiger partial charge in [0.1, 0.15) is 0 Å². The summed E-state index contributed by atoms with van der Waals surface area (Å²) < 4.78 is 0. The molecule has 1 aliphatic rings. The van der Waals surface area contributed by atoms with E-state index in [0.717, 1.165) is 13.1 Å². The third-order valence-electron chi connectivity index (χ3n) is 3.85. The third kappa shape index (κ3) is 3.72. The molecule has 0 aromatic carbocycles. The number of hydrogen-bond donors (Lipinski definition) is 2. The topological polar surface area (TPSA) is 41.3 Å². The van der Waals surface area contributed by atoms with E-state index in [1.807, 2.05) is 0 Å². The molecule has 96 valence electrons. The quantitative estimate of drug-likeness (QED) is 0.749. The van der Waals surface area contributed by atoms with Crippen LogP contribution in [0.4, 0.5) is 0 Å². The largest absolute Gasteiger partial charge is 0.329 e. The lowest BCUT2D eigenvalue weighted by Crippen LogP contribution is -2.52. The normalized spacial score (nSPS) is 28.3. The van der Waals surface area contributed by atoms with Crippen molar-refractivity contribution in [3.05, 3.63) is 0 Å². The van der Waals surface area contributed by atoms with Gasteiger partial charge in [-0.1, -0.05) is 6.92 Å². The van der Waals surface area contributed by atoms with Crippen LogP contribution in [-0.4, -0.2) is 42.7 Å². The summed E-state index contributed by atoms with van der Waals surface area (Å²) in [5.41, 5.74) is 6.20. The first-order valence-electron chi connectivity index (χ1n) is 6.82. The molecular formula is C13H29N3. The van der Waals surface area contributed by atoms with Crippen molar-refractivity contribution in [2.75, 3.05) is 26.2 Å². The molecule has 3 heteroatoms. The smallest absolute Gasteiger partial charge is 0.0316 e. The summed E-state index contributed by atoms with van der Waals surface area (Å²) in [5, 5.41) is 3.68.